The number of aryl methyl sites for hydroxylation is 1. The van der Waals surface area contributed by atoms with Gasteiger partial charge in [0.25, 0.3) is 0 Å². The summed E-state index contributed by atoms with van der Waals surface area (Å²) < 4.78 is 6.87. The van der Waals surface area contributed by atoms with Gasteiger partial charge in [-0.1, -0.05) is 26.0 Å². The molecule has 1 aliphatic heterocycles. The van der Waals surface area contributed by atoms with Crippen LogP contribution in [0.2, 0.25) is 0 Å². The fraction of sp³-hybridized carbons (Fsp3) is 0.526. The van der Waals surface area contributed by atoms with Gasteiger partial charge in [-0.05, 0) is 34.9 Å². The molecule has 0 aliphatic carbocycles. The maximum Gasteiger partial charge on any atom is 0.409 e. The lowest BCUT2D eigenvalue weighted by molar-refractivity contribution is 0.0934. The summed E-state index contributed by atoms with van der Waals surface area (Å²) in [7, 11) is 1.76. The Morgan fingerprint density at radius 2 is 1.93 bits per heavy atom. The van der Waals surface area contributed by atoms with E-state index in [2.05, 4.69) is 20.8 Å². The molecule has 0 bridgehead atoms. The molecule has 0 radical (unpaired) electrons. The predicted octanol–water partition coefficient (Wildman–Crippen LogP) is 2.21. The number of ether oxygens (including phenoxy) is 1. The number of hydrogen-bond donors (Lipinski definition) is 1. The quantitative estimate of drug-likeness (QED) is 0.842. The molecule has 3 rings (SSSR count). The van der Waals surface area contributed by atoms with Crippen molar-refractivity contribution in [3.05, 3.63) is 24.3 Å². The summed E-state index contributed by atoms with van der Waals surface area (Å²) in [6.45, 7) is 6.46. The largest absolute Gasteiger partial charge is 0.449 e. The van der Waals surface area contributed by atoms with E-state index in [1.165, 1.54) is 0 Å². The molecule has 29 heavy (non-hydrogen) atoms. The summed E-state index contributed by atoms with van der Waals surface area (Å²) in [5.41, 5.74) is 1.47. The lowest BCUT2D eigenvalue weighted by Crippen LogP contribution is -2.39. The molecule has 2 aromatic rings. The van der Waals surface area contributed by atoms with Gasteiger partial charge < -0.3 is 19.9 Å². The normalized spacial score (nSPS) is 14.6. The highest BCUT2D eigenvalue weighted by Gasteiger charge is 2.23. The van der Waals surface area contributed by atoms with Crippen LogP contribution in [-0.4, -0.2) is 74.9 Å². The van der Waals surface area contributed by atoms with Crippen LogP contribution in [0.5, 0.6) is 0 Å². The van der Waals surface area contributed by atoms with Crippen LogP contribution < -0.4 is 5.32 Å². The van der Waals surface area contributed by atoms with Crippen molar-refractivity contribution < 1.29 is 14.3 Å². The summed E-state index contributed by atoms with van der Waals surface area (Å²) in [6.07, 6.45) is 0.389. The number of nitrogens with one attached hydrogen (secondary N) is 1. The first-order valence-electron chi connectivity index (χ1n) is 9.74. The molecule has 0 saturated carbocycles. The molecule has 3 amide bonds. The van der Waals surface area contributed by atoms with E-state index in [-0.39, 0.29) is 12.1 Å². The Labute approximate surface area is 169 Å². The van der Waals surface area contributed by atoms with Crippen LogP contribution >= 0.6 is 0 Å². The highest BCUT2D eigenvalue weighted by Crippen LogP contribution is 2.20. The molecular formula is C19H27N7O3. The van der Waals surface area contributed by atoms with Crippen LogP contribution in [-0.2, 0) is 11.8 Å². The molecule has 0 unspecified atom stereocenters. The van der Waals surface area contributed by atoms with E-state index in [0.717, 1.165) is 5.56 Å². The zero-order chi connectivity index (χ0) is 20.8. The van der Waals surface area contributed by atoms with Crippen LogP contribution in [0.3, 0.4) is 0 Å². The smallest absolute Gasteiger partial charge is 0.409 e. The first kappa shape index (κ1) is 20.6. The van der Waals surface area contributed by atoms with Gasteiger partial charge in [-0.3, -0.25) is 0 Å². The Morgan fingerprint density at radius 3 is 2.66 bits per heavy atom. The molecule has 156 valence electrons. The Bertz CT molecular complexity index is 852. The van der Waals surface area contributed by atoms with Gasteiger partial charge in [0.1, 0.15) is 0 Å². The number of tetrazole rings is 1. The number of benzene rings is 1. The summed E-state index contributed by atoms with van der Waals surface area (Å²) in [5.74, 6) is 0.910. The molecule has 0 atom stereocenters. The molecule has 1 fully saturated rings. The van der Waals surface area contributed by atoms with Gasteiger partial charge in [0.2, 0.25) is 0 Å². The number of carbonyl (C=O) groups is 2. The van der Waals surface area contributed by atoms with Gasteiger partial charge >= 0.3 is 12.1 Å². The Hall–Kier alpha value is -3.17. The van der Waals surface area contributed by atoms with Crippen molar-refractivity contribution in [1.29, 1.82) is 0 Å². The molecule has 10 heteroatoms. The SMILES string of the molecule is CC(C)COC(=O)N1CCCN(C(=O)Nc2cccc(-c3nnnn3C)c2)CC1. The Balaban J connectivity index is 1.57. The average molecular weight is 401 g/mol. The average Bonchev–Trinajstić information content (AvgIpc) is 2.97. The predicted molar refractivity (Wildman–Crippen MR) is 107 cm³/mol. The maximum atomic E-state index is 12.7. The first-order chi connectivity index (χ1) is 13.9. The van der Waals surface area contributed by atoms with Crippen molar-refractivity contribution in [3.63, 3.8) is 0 Å². The number of nitrogens with zero attached hydrogens (tertiary/aromatic N) is 6. The first-order valence-corrected chi connectivity index (χ1v) is 9.74. The van der Waals surface area contributed by atoms with Gasteiger partial charge in [0.15, 0.2) is 5.82 Å². The number of aromatic nitrogens is 4. The zero-order valence-electron chi connectivity index (χ0n) is 17.0. The maximum absolute atomic E-state index is 12.7. The van der Waals surface area contributed by atoms with Crippen molar-refractivity contribution in [2.24, 2.45) is 13.0 Å². The summed E-state index contributed by atoms with van der Waals surface area (Å²) in [5, 5.41) is 14.4. The van der Waals surface area contributed by atoms with E-state index < -0.39 is 0 Å². The van der Waals surface area contributed by atoms with Gasteiger partial charge in [-0.2, -0.15) is 0 Å². The minimum Gasteiger partial charge on any atom is -0.449 e. The fourth-order valence-corrected chi connectivity index (χ4v) is 3.04. The standard InChI is InChI=1S/C19H27N7O3/c1-14(2)13-29-19(28)26-9-5-8-25(10-11-26)18(27)20-16-7-4-6-15(12-16)17-21-22-23-24(17)3/h4,6-7,12,14H,5,8-11,13H2,1-3H3,(H,20,27). The lowest BCUT2D eigenvalue weighted by atomic mass is 10.2. The van der Waals surface area contributed by atoms with E-state index >= 15 is 0 Å². The van der Waals surface area contributed by atoms with Crippen LogP contribution in [0.15, 0.2) is 24.3 Å². The van der Waals surface area contributed by atoms with Gasteiger partial charge in [0.05, 0.1) is 6.61 Å². The number of rotatable bonds is 4. The number of anilines is 1. The number of urea groups is 1. The van der Waals surface area contributed by atoms with Crippen LogP contribution in [0, 0.1) is 5.92 Å². The van der Waals surface area contributed by atoms with Gasteiger partial charge in [0, 0.05) is 44.5 Å². The summed E-state index contributed by atoms with van der Waals surface area (Å²) in [6, 6.07) is 7.17. The second-order valence-electron chi connectivity index (χ2n) is 7.44. The number of carbonyl (C=O) groups excluding carboxylic acids is 2. The zero-order valence-corrected chi connectivity index (χ0v) is 17.0. The van der Waals surface area contributed by atoms with E-state index in [9.17, 15) is 9.59 Å². The summed E-state index contributed by atoms with van der Waals surface area (Å²) >= 11 is 0. The highest BCUT2D eigenvalue weighted by atomic mass is 16.6. The van der Waals surface area contributed by atoms with E-state index in [4.69, 9.17) is 4.74 Å². The van der Waals surface area contributed by atoms with Crippen molar-refractivity contribution in [2.75, 3.05) is 38.1 Å². The monoisotopic (exact) mass is 401 g/mol. The van der Waals surface area contributed by atoms with Crippen LogP contribution in [0.25, 0.3) is 11.4 Å². The molecule has 1 saturated heterocycles. The van der Waals surface area contributed by atoms with E-state index in [1.54, 1.807) is 21.5 Å². The molecule has 1 N–H and O–H groups in total. The van der Waals surface area contributed by atoms with Gasteiger partial charge in [-0.15, -0.1) is 5.10 Å². The fourth-order valence-electron chi connectivity index (χ4n) is 3.04. The van der Waals surface area contributed by atoms with E-state index in [0.29, 0.717) is 56.6 Å². The van der Waals surface area contributed by atoms with E-state index in [1.807, 2.05) is 38.1 Å². The molecular weight excluding hydrogens is 374 g/mol. The molecule has 1 aliphatic rings. The molecule has 0 spiro atoms. The van der Waals surface area contributed by atoms with Crippen molar-refractivity contribution in [1.82, 2.24) is 30.0 Å². The molecule has 1 aromatic heterocycles. The molecule has 2 heterocycles. The van der Waals surface area contributed by atoms with Gasteiger partial charge in [-0.25, -0.2) is 14.3 Å². The number of amides is 3. The third-order valence-corrected chi connectivity index (χ3v) is 4.57. The van der Waals surface area contributed by atoms with Crippen LogP contribution in [0.1, 0.15) is 20.3 Å². The highest BCUT2D eigenvalue weighted by molar-refractivity contribution is 5.90. The topological polar surface area (TPSA) is 105 Å². The second kappa shape index (κ2) is 9.35. The summed E-state index contributed by atoms with van der Waals surface area (Å²) in [4.78, 5) is 28.3. The second-order valence-corrected chi connectivity index (χ2v) is 7.44. The van der Waals surface area contributed by atoms with Crippen molar-refractivity contribution in [2.45, 2.75) is 20.3 Å². The molecule has 1 aromatic carbocycles. The third kappa shape index (κ3) is 5.43. The minimum atomic E-state index is -0.314. The molecule has 10 nitrogen and oxygen atoms in total. The Morgan fingerprint density at radius 1 is 1.17 bits per heavy atom. The van der Waals surface area contributed by atoms with Crippen LogP contribution in [0.4, 0.5) is 15.3 Å². The van der Waals surface area contributed by atoms with Crippen molar-refractivity contribution in [3.8, 4) is 11.4 Å². The lowest BCUT2D eigenvalue weighted by Gasteiger charge is -2.22. The number of hydrogen-bond acceptors (Lipinski definition) is 6. The minimum absolute atomic E-state index is 0.198. The third-order valence-electron chi connectivity index (χ3n) is 4.57. The van der Waals surface area contributed by atoms with Crippen molar-refractivity contribution >= 4 is 17.8 Å². The Kier molecular flexibility index (Phi) is 6.63.